The van der Waals surface area contributed by atoms with Crippen LogP contribution in [0.4, 0.5) is 16.3 Å². The van der Waals surface area contributed by atoms with Gasteiger partial charge in [0.1, 0.15) is 17.0 Å². The Labute approximate surface area is 180 Å². The first-order chi connectivity index (χ1) is 15.1. The Bertz CT molecular complexity index is 1280. The van der Waals surface area contributed by atoms with Crippen molar-refractivity contribution in [3.63, 3.8) is 0 Å². The van der Waals surface area contributed by atoms with Crippen LogP contribution in [0, 0.1) is 0 Å². The Kier molecular flexibility index (Phi) is 4.86. The van der Waals surface area contributed by atoms with Gasteiger partial charge in [0, 0.05) is 30.2 Å². The fourth-order valence-corrected chi connectivity index (χ4v) is 4.59. The Hall–Kier alpha value is -3.73. The number of fused-ring (bicyclic) bond motifs is 2. The van der Waals surface area contributed by atoms with Gasteiger partial charge in [0.25, 0.3) is 5.91 Å². The molecule has 1 aromatic carbocycles. The molecule has 1 aliphatic rings. The van der Waals surface area contributed by atoms with E-state index in [1.807, 2.05) is 18.2 Å². The summed E-state index contributed by atoms with van der Waals surface area (Å²) in [6, 6.07) is 7.59. The molecular weight excluding hydrogens is 418 g/mol. The lowest BCUT2D eigenvalue weighted by atomic mass is 10.1. The van der Waals surface area contributed by atoms with Gasteiger partial charge in [-0.3, -0.25) is 9.89 Å². The van der Waals surface area contributed by atoms with Crippen molar-refractivity contribution in [1.29, 1.82) is 0 Å². The van der Waals surface area contributed by atoms with Gasteiger partial charge in [-0.1, -0.05) is 0 Å². The van der Waals surface area contributed by atoms with Crippen LogP contribution in [0.15, 0.2) is 36.8 Å². The van der Waals surface area contributed by atoms with Crippen molar-refractivity contribution in [1.82, 2.24) is 30.4 Å². The molecule has 0 radical (unpaired) electrons. The van der Waals surface area contributed by atoms with Crippen molar-refractivity contribution in [3.05, 3.63) is 41.7 Å². The number of hydrogen-bond acceptors (Lipinski definition) is 7. The number of nitrogens with one attached hydrogen (secondary N) is 3. The second-order valence-corrected chi connectivity index (χ2v) is 8.40. The zero-order chi connectivity index (χ0) is 21.4. The number of benzene rings is 1. The van der Waals surface area contributed by atoms with Crippen LogP contribution in [0.25, 0.3) is 21.1 Å². The SMILES string of the molecule is O=C(NC1CCN(C(=O)O)CC1)c1cc2c(Nc3ccc4cn[nH]c4c3)ncnc2s1. The molecule has 0 atom stereocenters. The third-order valence-electron chi connectivity index (χ3n) is 5.36. The topological polar surface area (TPSA) is 136 Å². The predicted molar refractivity (Wildman–Crippen MR) is 117 cm³/mol. The van der Waals surface area contributed by atoms with E-state index in [4.69, 9.17) is 5.11 Å². The molecule has 158 valence electrons. The molecule has 0 aliphatic carbocycles. The van der Waals surface area contributed by atoms with Gasteiger partial charge < -0.3 is 20.6 Å². The van der Waals surface area contributed by atoms with Gasteiger partial charge in [-0.05, 0) is 37.1 Å². The number of aromatic amines is 1. The maximum atomic E-state index is 12.8. The van der Waals surface area contributed by atoms with Crippen LogP contribution in [0.5, 0.6) is 0 Å². The van der Waals surface area contributed by atoms with Crippen LogP contribution in [-0.2, 0) is 0 Å². The summed E-state index contributed by atoms with van der Waals surface area (Å²) in [5.41, 5.74) is 1.76. The Morgan fingerprint density at radius 2 is 2.03 bits per heavy atom. The molecule has 1 fully saturated rings. The molecule has 10 nitrogen and oxygen atoms in total. The highest BCUT2D eigenvalue weighted by atomic mass is 32.1. The minimum Gasteiger partial charge on any atom is -0.465 e. The van der Waals surface area contributed by atoms with Gasteiger partial charge in [0.15, 0.2) is 0 Å². The molecule has 3 aromatic heterocycles. The largest absolute Gasteiger partial charge is 0.465 e. The van der Waals surface area contributed by atoms with E-state index in [1.165, 1.54) is 22.6 Å². The first kappa shape index (κ1) is 19.2. The summed E-state index contributed by atoms with van der Waals surface area (Å²) in [6.07, 6.45) is 3.52. The van der Waals surface area contributed by atoms with Crippen LogP contribution in [0.3, 0.4) is 0 Å². The minimum atomic E-state index is -0.917. The average Bonchev–Trinajstić information content (AvgIpc) is 3.41. The van der Waals surface area contributed by atoms with Crippen LogP contribution in [-0.4, -0.2) is 61.3 Å². The quantitative estimate of drug-likeness (QED) is 0.385. The Morgan fingerprint density at radius 3 is 2.84 bits per heavy atom. The molecular formula is C20H19N7O3S. The summed E-state index contributed by atoms with van der Waals surface area (Å²) in [7, 11) is 0. The smallest absolute Gasteiger partial charge is 0.407 e. The minimum absolute atomic E-state index is 0.0434. The monoisotopic (exact) mass is 437 g/mol. The third-order valence-corrected chi connectivity index (χ3v) is 6.40. The zero-order valence-corrected chi connectivity index (χ0v) is 17.1. The molecule has 5 rings (SSSR count). The molecule has 0 saturated carbocycles. The number of thiophene rings is 1. The first-order valence-corrected chi connectivity index (χ1v) is 10.6. The van der Waals surface area contributed by atoms with Gasteiger partial charge in [-0.2, -0.15) is 5.10 Å². The lowest BCUT2D eigenvalue weighted by Crippen LogP contribution is -2.46. The van der Waals surface area contributed by atoms with Crippen molar-refractivity contribution >= 4 is 56.0 Å². The number of aromatic nitrogens is 4. The second kappa shape index (κ2) is 7.84. The molecule has 4 heterocycles. The van der Waals surface area contributed by atoms with Crippen molar-refractivity contribution in [3.8, 4) is 0 Å². The summed E-state index contributed by atoms with van der Waals surface area (Å²) < 4.78 is 0. The highest BCUT2D eigenvalue weighted by Crippen LogP contribution is 2.30. The van der Waals surface area contributed by atoms with E-state index >= 15 is 0 Å². The van der Waals surface area contributed by atoms with E-state index in [1.54, 1.807) is 12.3 Å². The maximum absolute atomic E-state index is 12.8. The summed E-state index contributed by atoms with van der Waals surface area (Å²) in [4.78, 5) is 35.1. The molecule has 1 aliphatic heterocycles. The summed E-state index contributed by atoms with van der Waals surface area (Å²) in [6.45, 7) is 0.847. The first-order valence-electron chi connectivity index (χ1n) is 9.80. The molecule has 0 unspecified atom stereocenters. The van der Waals surface area contributed by atoms with Crippen LogP contribution < -0.4 is 10.6 Å². The number of carbonyl (C=O) groups is 2. The van der Waals surface area contributed by atoms with Crippen molar-refractivity contribution < 1.29 is 14.7 Å². The molecule has 4 N–H and O–H groups in total. The van der Waals surface area contributed by atoms with E-state index in [0.717, 1.165) is 22.0 Å². The fraction of sp³-hybridized carbons (Fsp3) is 0.250. The number of amides is 2. The second-order valence-electron chi connectivity index (χ2n) is 7.37. The summed E-state index contributed by atoms with van der Waals surface area (Å²) in [5, 5.41) is 24.1. The standard InChI is InChI=1S/C20H19N7O3S/c28-18(25-12-3-5-27(6-4-12)20(29)30)16-8-14-17(21-10-22-19(14)31-16)24-13-2-1-11-9-23-26-15(11)7-13/h1-2,7-10,12H,3-6H2,(H,23,26)(H,25,28)(H,29,30)(H,21,22,24). The number of piperidine rings is 1. The summed E-state index contributed by atoms with van der Waals surface area (Å²) >= 11 is 1.30. The Morgan fingerprint density at radius 1 is 1.19 bits per heavy atom. The van der Waals surface area contributed by atoms with E-state index in [2.05, 4.69) is 30.8 Å². The zero-order valence-electron chi connectivity index (χ0n) is 16.3. The predicted octanol–water partition coefficient (Wildman–Crippen LogP) is 3.18. The van der Waals surface area contributed by atoms with Crippen molar-refractivity contribution in [2.45, 2.75) is 18.9 Å². The van der Waals surface area contributed by atoms with E-state index in [0.29, 0.717) is 41.5 Å². The third kappa shape index (κ3) is 3.87. The van der Waals surface area contributed by atoms with Crippen LogP contribution in [0.1, 0.15) is 22.5 Å². The van der Waals surface area contributed by atoms with E-state index < -0.39 is 6.09 Å². The number of rotatable bonds is 4. The van der Waals surface area contributed by atoms with Crippen molar-refractivity contribution in [2.75, 3.05) is 18.4 Å². The maximum Gasteiger partial charge on any atom is 0.407 e. The molecule has 11 heteroatoms. The lowest BCUT2D eigenvalue weighted by Gasteiger charge is -2.30. The Balaban J connectivity index is 1.33. The molecule has 0 bridgehead atoms. The summed E-state index contributed by atoms with van der Waals surface area (Å²) in [5.74, 6) is 0.440. The molecule has 0 spiro atoms. The number of carboxylic acid groups (broad SMARTS) is 1. The highest BCUT2D eigenvalue weighted by Gasteiger charge is 2.24. The average molecular weight is 437 g/mol. The fourth-order valence-electron chi connectivity index (χ4n) is 3.69. The van der Waals surface area contributed by atoms with Crippen LogP contribution in [0.2, 0.25) is 0 Å². The lowest BCUT2D eigenvalue weighted by molar-refractivity contribution is 0.0911. The highest BCUT2D eigenvalue weighted by molar-refractivity contribution is 7.20. The molecule has 4 aromatic rings. The van der Waals surface area contributed by atoms with E-state index in [9.17, 15) is 9.59 Å². The van der Waals surface area contributed by atoms with Gasteiger partial charge in [-0.25, -0.2) is 14.8 Å². The molecule has 2 amide bonds. The van der Waals surface area contributed by atoms with Gasteiger partial charge in [-0.15, -0.1) is 11.3 Å². The normalized spacial score (nSPS) is 14.8. The van der Waals surface area contributed by atoms with E-state index in [-0.39, 0.29) is 11.9 Å². The number of nitrogens with zero attached hydrogens (tertiary/aromatic N) is 4. The van der Waals surface area contributed by atoms with Gasteiger partial charge in [0.05, 0.1) is 22.0 Å². The molecule has 31 heavy (non-hydrogen) atoms. The number of anilines is 2. The number of H-pyrrole nitrogens is 1. The van der Waals surface area contributed by atoms with Crippen LogP contribution >= 0.6 is 11.3 Å². The molecule has 1 saturated heterocycles. The number of hydrogen-bond donors (Lipinski definition) is 4. The number of carbonyl (C=O) groups excluding carboxylic acids is 1. The van der Waals surface area contributed by atoms with Crippen molar-refractivity contribution in [2.24, 2.45) is 0 Å². The van der Waals surface area contributed by atoms with Gasteiger partial charge >= 0.3 is 6.09 Å². The number of likely N-dealkylation sites (tertiary alicyclic amines) is 1. The van der Waals surface area contributed by atoms with Gasteiger partial charge in [0.2, 0.25) is 0 Å².